The van der Waals surface area contributed by atoms with E-state index in [2.05, 4.69) is 9.97 Å². The molecule has 0 aliphatic rings. The lowest BCUT2D eigenvalue weighted by Crippen LogP contribution is -2.44. The molecule has 0 fully saturated rings. The largest absolute Gasteiger partial charge is 0.443 e. The second kappa shape index (κ2) is 11.5. The number of carbonyl (C=O) groups excluding carboxylic acids is 3. The summed E-state index contributed by atoms with van der Waals surface area (Å²) in [5, 5.41) is 9.67. The number of imide groups is 1. The molecular formula is C28H35FN4O6. The Balaban J connectivity index is 2.46. The van der Waals surface area contributed by atoms with Gasteiger partial charge in [-0.25, -0.2) is 23.9 Å². The maximum atomic E-state index is 13.9. The molecule has 39 heavy (non-hydrogen) atoms. The number of aromatic nitrogens is 3. The summed E-state index contributed by atoms with van der Waals surface area (Å²) >= 11 is 0. The number of hydrogen-bond acceptors (Lipinski definition) is 8. The Hall–Kier alpha value is -3.86. The van der Waals surface area contributed by atoms with E-state index >= 15 is 0 Å². The van der Waals surface area contributed by atoms with Gasteiger partial charge >= 0.3 is 12.2 Å². The number of alkyl halides is 1. The smallest absolute Gasteiger partial charge is 0.425 e. The van der Waals surface area contributed by atoms with Crippen LogP contribution in [-0.2, 0) is 16.0 Å². The van der Waals surface area contributed by atoms with E-state index < -0.39 is 35.8 Å². The number of anilines is 1. The number of aliphatic hydroxyl groups excluding tert-OH is 1. The Labute approximate surface area is 226 Å². The van der Waals surface area contributed by atoms with Gasteiger partial charge in [-0.15, -0.1) is 0 Å². The number of carbonyl (C=O) groups is 3. The number of aryl methyl sites for hydroxylation is 2. The lowest BCUT2D eigenvalue weighted by molar-refractivity contribution is 0.0429. The van der Waals surface area contributed by atoms with Gasteiger partial charge in [0.05, 0.1) is 11.1 Å². The van der Waals surface area contributed by atoms with Crippen LogP contribution in [0.3, 0.4) is 0 Å². The van der Waals surface area contributed by atoms with Crippen LogP contribution >= 0.6 is 0 Å². The van der Waals surface area contributed by atoms with Crippen LogP contribution in [0.15, 0.2) is 30.6 Å². The van der Waals surface area contributed by atoms with Crippen molar-refractivity contribution in [2.75, 3.05) is 18.2 Å². The number of amides is 2. The summed E-state index contributed by atoms with van der Waals surface area (Å²) < 4.78 is 26.5. The van der Waals surface area contributed by atoms with Crippen LogP contribution < -0.4 is 4.90 Å². The highest BCUT2D eigenvalue weighted by atomic mass is 19.1. The number of halogens is 1. The van der Waals surface area contributed by atoms with E-state index in [1.807, 2.05) is 19.1 Å². The van der Waals surface area contributed by atoms with Gasteiger partial charge in [0.1, 0.15) is 23.2 Å². The van der Waals surface area contributed by atoms with Crippen LogP contribution in [0.2, 0.25) is 0 Å². The molecule has 2 amide bonds. The van der Waals surface area contributed by atoms with E-state index in [-0.39, 0.29) is 47.7 Å². The Morgan fingerprint density at radius 3 is 2.03 bits per heavy atom. The van der Waals surface area contributed by atoms with E-state index in [4.69, 9.17) is 9.47 Å². The first-order valence-electron chi connectivity index (χ1n) is 12.6. The molecule has 0 radical (unpaired) electrons. The molecule has 210 valence electrons. The predicted molar refractivity (Wildman–Crippen MR) is 145 cm³/mol. The fraction of sp³-hybridized carbons (Fsp3) is 0.464. The molecular weight excluding hydrogens is 507 g/mol. The average molecular weight is 543 g/mol. The van der Waals surface area contributed by atoms with Gasteiger partial charge < -0.3 is 19.1 Å². The van der Waals surface area contributed by atoms with Gasteiger partial charge in [-0.1, -0.05) is 29.8 Å². The van der Waals surface area contributed by atoms with Gasteiger partial charge in [0.2, 0.25) is 5.78 Å². The van der Waals surface area contributed by atoms with Crippen molar-refractivity contribution in [1.82, 2.24) is 14.5 Å². The molecule has 0 bridgehead atoms. The van der Waals surface area contributed by atoms with Crippen molar-refractivity contribution < 1.29 is 33.4 Å². The van der Waals surface area contributed by atoms with E-state index in [0.717, 1.165) is 11.9 Å². The SMILES string of the molecule is Cc1ccc(-c2c(C(=O)CF)n(CCCO)c3ncnc(N(C(=O)OC(C)(C)C)C(=O)OC(C)(C)C)c23)cc1. The first-order chi connectivity index (χ1) is 18.2. The first-order valence-corrected chi connectivity index (χ1v) is 12.6. The van der Waals surface area contributed by atoms with Gasteiger partial charge in [0.15, 0.2) is 12.5 Å². The standard InChI is InChI=1S/C28H35FN4O6/c1-17-9-11-18(12-10-17)20-21-23(32(13-8-14-34)22(20)19(35)15-29)30-16-31-24(21)33(25(36)38-27(2,3)4)26(37)39-28(5,6)7/h9-12,16,34H,8,13-15H2,1-7H3. The molecule has 0 saturated carbocycles. The van der Waals surface area contributed by atoms with Crippen molar-refractivity contribution >= 4 is 34.8 Å². The monoisotopic (exact) mass is 542 g/mol. The van der Waals surface area contributed by atoms with Crippen LogP contribution in [0.5, 0.6) is 0 Å². The third kappa shape index (κ3) is 6.78. The summed E-state index contributed by atoms with van der Waals surface area (Å²) in [6.45, 7) is 10.4. The second-order valence-corrected chi connectivity index (χ2v) is 11.1. The Bertz CT molecular complexity index is 1340. The number of benzene rings is 1. The van der Waals surface area contributed by atoms with Gasteiger partial charge in [-0.2, -0.15) is 4.90 Å². The Morgan fingerprint density at radius 2 is 1.54 bits per heavy atom. The maximum Gasteiger partial charge on any atom is 0.425 e. The average Bonchev–Trinajstić information content (AvgIpc) is 3.15. The zero-order valence-corrected chi connectivity index (χ0v) is 23.4. The molecule has 0 saturated heterocycles. The number of ether oxygens (including phenoxy) is 2. The molecule has 0 aliphatic heterocycles. The maximum absolute atomic E-state index is 13.9. The van der Waals surface area contributed by atoms with Crippen molar-refractivity contribution in [2.45, 2.75) is 72.6 Å². The normalized spacial score (nSPS) is 11.9. The number of nitrogens with zero attached hydrogens (tertiary/aromatic N) is 4. The van der Waals surface area contributed by atoms with Crippen molar-refractivity contribution in [3.63, 3.8) is 0 Å². The van der Waals surface area contributed by atoms with Crippen LogP contribution in [0.1, 0.15) is 64.0 Å². The van der Waals surface area contributed by atoms with Gasteiger partial charge in [-0.3, -0.25) is 4.79 Å². The summed E-state index contributed by atoms with van der Waals surface area (Å²) in [6, 6.07) is 7.13. The van der Waals surface area contributed by atoms with Crippen LogP contribution in [0, 0.1) is 6.92 Å². The zero-order valence-electron chi connectivity index (χ0n) is 23.4. The summed E-state index contributed by atoms with van der Waals surface area (Å²) in [5.41, 5.74) is -0.0513. The van der Waals surface area contributed by atoms with Crippen LogP contribution in [0.25, 0.3) is 22.2 Å². The second-order valence-electron chi connectivity index (χ2n) is 11.1. The van der Waals surface area contributed by atoms with Gasteiger partial charge in [0, 0.05) is 18.7 Å². The predicted octanol–water partition coefficient (Wildman–Crippen LogP) is 5.62. The van der Waals surface area contributed by atoms with Crippen LogP contribution in [0.4, 0.5) is 19.8 Å². The van der Waals surface area contributed by atoms with E-state index in [1.54, 1.807) is 53.7 Å². The molecule has 1 N–H and O–H groups in total. The van der Waals surface area contributed by atoms with Gasteiger partial charge in [-0.05, 0) is 60.5 Å². The third-order valence-electron chi connectivity index (χ3n) is 5.45. The lowest BCUT2D eigenvalue weighted by Gasteiger charge is -2.28. The van der Waals surface area contributed by atoms with Crippen molar-refractivity contribution in [3.8, 4) is 11.1 Å². The Kier molecular flexibility index (Phi) is 8.74. The van der Waals surface area contributed by atoms with Crippen molar-refractivity contribution in [1.29, 1.82) is 0 Å². The topological polar surface area (TPSA) is 124 Å². The van der Waals surface area contributed by atoms with Crippen LogP contribution in [-0.4, -0.2) is 62.1 Å². The molecule has 0 spiro atoms. The lowest BCUT2D eigenvalue weighted by atomic mass is 10.00. The molecule has 2 aromatic heterocycles. The highest BCUT2D eigenvalue weighted by molar-refractivity contribution is 6.19. The highest BCUT2D eigenvalue weighted by Crippen LogP contribution is 2.40. The Morgan fingerprint density at radius 1 is 0.974 bits per heavy atom. The number of ketones is 1. The number of hydrogen-bond donors (Lipinski definition) is 1. The number of rotatable bonds is 7. The van der Waals surface area contributed by atoms with E-state index in [0.29, 0.717) is 10.5 Å². The minimum Gasteiger partial charge on any atom is -0.443 e. The minimum absolute atomic E-state index is 0.0140. The molecule has 1 aromatic carbocycles. The molecule has 10 nitrogen and oxygen atoms in total. The molecule has 0 unspecified atom stereocenters. The first kappa shape index (κ1) is 29.7. The van der Waals surface area contributed by atoms with E-state index in [9.17, 15) is 23.9 Å². The molecule has 3 rings (SSSR count). The van der Waals surface area contributed by atoms with Gasteiger partial charge in [0.25, 0.3) is 0 Å². The summed E-state index contributed by atoms with van der Waals surface area (Å²) in [5.74, 6) is -1.01. The van der Waals surface area contributed by atoms with Crippen molar-refractivity contribution in [2.24, 2.45) is 0 Å². The molecule has 0 atom stereocenters. The molecule has 3 aromatic rings. The minimum atomic E-state index is -1.29. The number of fused-ring (bicyclic) bond motifs is 1. The fourth-order valence-corrected chi connectivity index (χ4v) is 3.99. The third-order valence-corrected chi connectivity index (χ3v) is 5.45. The zero-order chi connectivity index (χ0) is 29.1. The molecule has 11 heteroatoms. The quantitative estimate of drug-likeness (QED) is 0.382. The molecule has 2 heterocycles. The van der Waals surface area contributed by atoms with E-state index in [1.165, 1.54) is 4.57 Å². The number of aliphatic hydroxyl groups is 1. The number of Topliss-reactive ketones (excluding diaryl/α,β-unsaturated/α-hetero) is 1. The summed E-state index contributed by atoms with van der Waals surface area (Å²) in [6.07, 6.45) is -0.719. The molecule has 0 aliphatic carbocycles. The summed E-state index contributed by atoms with van der Waals surface area (Å²) in [4.78, 5) is 49.2. The summed E-state index contributed by atoms with van der Waals surface area (Å²) in [7, 11) is 0. The highest BCUT2D eigenvalue weighted by Gasteiger charge is 2.37. The van der Waals surface area contributed by atoms with Crippen molar-refractivity contribution in [3.05, 3.63) is 41.9 Å². The fourth-order valence-electron chi connectivity index (χ4n) is 3.99.